The van der Waals surface area contributed by atoms with Crippen LogP contribution in [0, 0.1) is 0 Å². The highest BCUT2D eigenvalue weighted by molar-refractivity contribution is 7.90. The maximum atomic E-state index is 14.7. The number of allylic oxidation sites excluding steroid dienone is 1. The number of benzene rings is 2. The number of aromatic nitrogens is 3. The van der Waals surface area contributed by atoms with E-state index in [9.17, 15) is 18.0 Å². The van der Waals surface area contributed by atoms with Crippen LogP contribution < -0.4 is 9.46 Å². The summed E-state index contributed by atoms with van der Waals surface area (Å²) >= 11 is 0. The molecule has 0 spiro atoms. The van der Waals surface area contributed by atoms with E-state index in [1.54, 1.807) is 33.2 Å². The van der Waals surface area contributed by atoms with Gasteiger partial charge in [-0.2, -0.15) is 5.10 Å². The van der Waals surface area contributed by atoms with Crippen LogP contribution in [0.3, 0.4) is 0 Å². The molecule has 55 heavy (non-hydrogen) atoms. The highest BCUT2D eigenvalue weighted by Gasteiger charge is 2.36. The van der Waals surface area contributed by atoms with Gasteiger partial charge in [0.05, 0.1) is 47.6 Å². The first-order valence-corrected chi connectivity index (χ1v) is 21.3. The quantitative estimate of drug-likeness (QED) is 0.207. The number of rotatable bonds is 7. The summed E-state index contributed by atoms with van der Waals surface area (Å²) < 4.78 is 37.9. The van der Waals surface area contributed by atoms with Gasteiger partial charge in [-0.1, -0.05) is 25.3 Å². The average molecular weight is 769 g/mol. The van der Waals surface area contributed by atoms with Crippen molar-refractivity contribution in [3.63, 3.8) is 0 Å². The zero-order valence-electron chi connectivity index (χ0n) is 33.8. The largest absolute Gasteiger partial charge is 0.497 e. The minimum absolute atomic E-state index is 0.0425. The summed E-state index contributed by atoms with van der Waals surface area (Å²) in [6.07, 6.45) is 9.52. The van der Waals surface area contributed by atoms with Crippen LogP contribution in [0.2, 0.25) is 0 Å². The number of nitrogens with one attached hydrogen (secondary N) is 1. The van der Waals surface area contributed by atoms with E-state index in [0.29, 0.717) is 31.1 Å². The maximum absolute atomic E-state index is 14.7. The molecule has 2 atom stereocenters. The number of nitrogens with zero attached hydrogens (tertiary/aromatic N) is 5. The van der Waals surface area contributed by atoms with E-state index in [0.717, 1.165) is 70.4 Å². The monoisotopic (exact) mass is 768 g/mol. The second kappa shape index (κ2) is 14.6. The molecule has 3 aliphatic rings. The number of hydrogen-bond acceptors (Lipinski definition) is 7. The molecule has 2 amide bonds. The van der Waals surface area contributed by atoms with Crippen LogP contribution in [0.15, 0.2) is 42.6 Å². The van der Waals surface area contributed by atoms with Crippen molar-refractivity contribution in [2.24, 2.45) is 0 Å². The van der Waals surface area contributed by atoms with Gasteiger partial charge in [0.1, 0.15) is 5.75 Å². The fraction of sp³-hybridized carbons (Fsp3) is 0.512. The van der Waals surface area contributed by atoms with E-state index in [2.05, 4.69) is 74.1 Å². The van der Waals surface area contributed by atoms with E-state index in [1.807, 2.05) is 27.8 Å². The van der Waals surface area contributed by atoms with E-state index in [-0.39, 0.29) is 23.6 Å². The van der Waals surface area contributed by atoms with E-state index >= 15 is 0 Å². The Bertz CT molecular complexity index is 2280. The van der Waals surface area contributed by atoms with Gasteiger partial charge >= 0.3 is 0 Å². The first kappa shape index (κ1) is 38.8. The van der Waals surface area contributed by atoms with Crippen molar-refractivity contribution in [2.45, 2.75) is 116 Å². The molecule has 4 heterocycles. The number of carbonyl (C=O) groups excluding carboxylic acids is 2. The third kappa shape index (κ3) is 7.12. The SMILES string of the molecule is COc1ccc2c(c1)C=C(c1c(C(=O)N3C[C@@H](C)N(C)[C@@H](C)C3)cnn1C(C)(C)C)Cn1c-2c(C2CCCCC2)c2ccc(C(=O)NS(=O)(=O)C(C)C)cc21. The predicted octanol–water partition coefficient (Wildman–Crippen LogP) is 7.50. The summed E-state index contributed by atoms with van der Waals surface area (Å²) in [7, 11) is -0.0638. The summed E-state index contributed by atoms with van der Waals surface area (Å²) in [6, 6.07) is 12.2. The molecule has 2 aliphatic heterocycles. The fourth-order valence-electron chi connectivity index (χ4n) is 8.70. The highest BCUT2D eigenvalue weighted by Crippen LogP contribution is 2.48. The first-order valence-electron chi connectivity index (χ1n) is 19.7. The fourth-order valence-corrected chi connectivity index (χ4v) is 9.31. The number of sulfonamides is 1. The molecular formula is C43H56N6O5S. The van der Waals surface area contributed by atoms with Gasteiger partial charge in [-0.3, -0.25) is 19.2 Å². The molecular weight excluding hydrogens is 713 g/mol. The second-order valence-electron chi connectivity index (χ2n) is 17.1. The average Bonchev–Trinajstić information content (AvgIpc) is 3.68. The Morgan fingerprint density at radius 1 is 0.964 bits per heavy atom. The number of amides is 2. The summed E-state index contributed by atoms with van der Waals surface area (Å²) in [5.74, 6) is 0.335. The van der Waals surface area contributed by atoms with Crippen molar-refractivity contribution in [1.82, 2.24) is 28.9 Å². The highest BCUT2D eigenvalue weighted by atomic mass is 32.2. The van der Waals surface area contributed by atoms with Crippen LogP contribution in [0.5, 0.6) is 5.75 Å². The lowest BCUT2D eigenvalue weighted by molar-refractivity contribution is 0.0413. The van der Waals surface area contributed by atoms with Crippen LogP contribution in [0.4, 0.5) is 0 Å². The third-order valence-corrected chi connectivity index (χ3v) is 13.7. The molecule has 0 radical (unpaired) electrons. The van der Waals surface area contributed by atoms with Crippen molar-refractivity contribution < 1.29 is 22.7 Å². The lowest BCUT2D eigenvalue weighted by Crippen LogP contribution is -2.56. The van der Waals surface area contributed by atoms with Crippen LogP contribution in [0.1, 0.15) is 124 Å². The number of methoxy groups -OCH3 is 1. The van der Waals surface area contributed by atoms with Crippen LogP contribution in [0.25, 0.3) is 33.8 Å². The third-order valence-electron chi connectivity index (χ3n) is 12.0. The number of ether oxygens (including phenoxy) is 1. The molecule has 7 rings (SSSR count). The van der Waals surface area contributed by atoms with Gasteiger partial charge in [0.2, 0.25) is 10.0 Å². The first-order chi connectivity index (χ1) is 26.0. The molecule has 4 aromatic rings. The van der Waals surface area contributed by atoms with Crippen molar-refractivity contribution in [1.29, 1.82) is 0 Å². The Kier molecular flexibility index (Phi) is 10.3. The van der Waals surface area contributed by atoms with E-state index in [4.69, 9.17) is 9.84 Å². The topological polar surface area (TPSA) is 119 Å². The lowest BCUT2D eigenvalue weighted by atomic mass is 9.81. The number of hydrogen-bond donors (Lipinski definition) is 1. The minimum atomic E-state index is -3.85. The predicted molar refractivity (Wildman–Crippen MR) is 219 cm³/mol. The molecule has 294 valence electrons. The maximum Gasteiger partial charge on any atom is 0.264 e. The summed E-state index contributed by atoms with van der Waals surface area (Å²) in [5.41, 5.74) is 7.22. The standard InChI is InChI=1S/C43H56N6O5S/c1-26(2)55(52,53)45-41(50)30-15-17-35-37(21-30)48-25-32(19-31-20-33(54-9)16-18-34(31)40(48)38(35)29-13-11-10-12-14-29)39-36(22-44-49(39)43(5,6)7)42(51)47-23-27(3)46(8)28(4)24-47/h15-22,26-29H,10-14,23-25H2,1-9H3,(H,45,50)/t27-,28+. The number of likely N-dealkylation sites (N-methyl/N-ethyl adjacent to an activating group) is 1. The second-order valence-corrected chi connectivity index (χ2v) is 19.4. The number of piperazine rings is 1. The molecule has 1 aliphatic carbocycles. The van der Waals surface area contributed by atoms with Gasteiger partial charge in [0.15, 0.2) is 0 Å². The van der Waals surface area contributed by atoms with Gasteiger partial charge in [0.25, 0.3) is 11.8 Å². The van der Waals surface area contributed by atoms with Crippen molar-refractivity contribution in [3.05, 3.63) is 70.5 Å². The number of fused-ring (bicyclic) bond motifs is 5. The van der Waals surface area contributed by atoms with Crippen molar-refractivity contribution >= 4 is 44.4 Å². The molecule has 1 N–H and O–H groups in total. The lowest BCUT2D eigenvalue weighted by Gasteiger charge is -2.42. The molecule has 0 unspecified atom stereocenters. The van der Waals surface area contributed by atoms with Crippen LogP contribution in [-0.4, -0.2) is 89.0 Å². The summed E-state index contributed by atoms with van der Waals surface area (Å²) in [4.78, 5) is 32.6. The number of carbonyl (C=O) groups is 2. The summed E-state index contributed by atoms with van der Waals surface area (Å²) in [6.45, 7) is 15.3. The van der Waals surface area contributed by atoms with E-state index in [1.165, 1.54) is 12.0 Å². The van der Waals surface area contributed by atoms with E-state index < -0.39 is 26.7 Å². The zero-order chi connectivity index (χ0) is 39.6. The van der Waals surface area contributed by atoms with Crippen molar-refractivity contribution in [3.8, 4) is 17.0 Å². The summed E-state index contributed by atoms with van der Waals surface area (Å²) in [5, 5.41) is 5.20. The molecule has 2 aromatic heterocycles. The molecule has 1 saturated heterocycles. The van der Waals surface area contributed by atoms with Gasteiger partial charge in [0, 0.05) is 47.2 Å². The normalized spacial score (nSPS) is 19.9. The van der Waals surface area contributed by atoms with Crippen molar-refractivity contribution in [2.75, 3.05) is 27.2 Å². The smallest absolute Gasteiger partial charge is 0.264 e. The zero-order valence-corrected chi connectivity index (χ0v) is 34.6. The van der Waals surface area contributed by atoms with Gasteiger partial charge < -0.3 is 14.2 Å². The van der Waals surface area contributed by atoms with Gasteiger partial charge in [-0.15, -0.1) is 0 Å². The molecule has 11 nitrogen and oxygen atoms in total. The Morgan fingerprint density at radius 3 is 2.29 bits per heavy atom. The molecule has 0 bridgehead atoms. The van der Waals surface area contributed by atoms with Gasteiger partial charge in [-0.25, -0.2) is 13.1 Å². The molecule has 12 heteroatoms. The Labute approximate surface area is 325 Å². The Hall–Kier alpha value is -4.42. The molecule has 1 saturated carbocycles. The van der Waals surface area contributed by atoms with Gasteiger partial charge in [-0.05, 0) is 127 Å². The Balaban J connectivity index is 1.47. The molecule has 2 aromatic carbocycles. The molecule has 2 fully saturated rings. The Morgan fingerprint density at radius 2 is 1.65 bits per heavy atom. The van der Waals surface area contributed by atoms with Crippen LogP contribution in [-0.2, 0) is 22.1 Å². The van der Waals surface area contributed by atoms with Crippen LogP contribution >= 0.6 is 0 Å². The minimum Gasteiger partial charge on any atom is -0.497 e.